The van der Waals surface area contributed by atoms with Crippen LogP contribution in [-0.2, 0) is 11.2 Å². The summed E-state index contributed by atoms with van der Waals surface area (Å²) in [5.41, 5.74) is 0. The zero-order valence-corrected chi connectivity index (χ0v) is 12.4. The van der Waals surface area contributed by atoms with Gasteiger partial charge in [0.2, 0.25) is 0 Å². The number of carbonyl (C=O) groups excluding carboxylic acids is 1. The van der Waals surface area contributed by atoms with Gasteiger partial charge in [-0.2, -0.15) is 0 Å². The third-order valence-corrected chi connectivity index (χ3v) is 4.45. The van der Waals surface area contributed by atoms with Gasteiger partial charge < -0.3 is 15.3 Å². The van der Waals surface area contributed by atoms with E-state index in [9.17, 15) is 9.59 Å². The molecule has 2 N–H and O–H groups in total. The first-order valence-electron chi connectivity index (χ1n) is 6.84. The Morgan fingerprint density at radius 2 is 2.40 bits per heavy atom. The molecule has 2 unspecified atom stereocenters. The maximum Gasteiger partial charge on any atom is 0.317 e. The van der Waals surface area contributed by atoms with Crippen LogP contribution in [0, 0.1) is 11.8 Å². The van der Waals surface area contributed by atoms with Crippen molar-refractivity contribution in [2.24, 2.45) is 11.8 Å². The van der Waals surface area contributed by atoms with Gasteiger partial charge in [0.15, 0.2) is 0 Å². The highest BCUT2D eigenvalue weighted by Gasteiger charge is 2.30. The van der Waals surface area contributed by atoms with E-state index in [1.807, 2.05) is 6.07 Å². The predicted molar refractivity (Wildman–Crippen MR) is 77.9 cm³/mol. The number of aliphatic carboxylic acids is 1. The van der Waals surface area contributed by atoms with Crippen LogP contribution in [0.15, 0.2) is 17.5 Å². The maximum atomic E-state index is 11.9. The van der Waals surface area contributed by atoms with Gasteiger partial charge in [0.1, 0.15) is 0 Å². The van der Waals surface area contributed by atoms with Gasteiger partial charge in [-0.25, -0.2) is 4.79 Å². The molecule has 0 saturated carbocycles. The average Bonchev–Trinajstić information content (AvgIpc) is 3.06. The van der Waals surface area contributed by atoms with E-state index >= 15 is 0 Å². The van der Waals surface area contributed by atoms with Crippen LogP contribution < -0.4 is 5.32 Å². The molecular formula is C14H20N2O3S. The van der Waals surface area contributed by atoms with Gasteiger partial charge in [-0.3, -0.25) is 4.79 Å². The van der Waals surface area contributed by atoms with Crippen molar-refractivity contribution in [1.82, 2.24) is 10.2 Å². The molecular weight excluding hydrogens is 276 g/mol. The molecule has 2 heterocycles. The van der Waals surface area contributed by atoms with Crippen LogP contribution in [0.3, 0.4) is 0 Å². The van der Waals surface area contributed by atoms with Crippen LogP contribution >= 0.6 is 11.3 Å². The summed E-state index contributed by atoms with van der Waals surface area (Å²) in [5, 5.41) is 13.9. The number of urea groups is 1. The molecule has 1 aliphatic heterocycles. The van der Waals surface area contributed by atoms with Gasteiger partial charge in [0.05, 0.1) is 5.92 Å². The van der Waals surface area contributed by atoms with Crippen LogP contribution in [0.5, 0.6) is 0 Å². The highest BCUT2D eigenvalue weighted by Crippen LogP contribution is 2.17. The number of amides is 2. The van der Waals surface area contributed by atoms with Gasteiger partial charge in [-0.15, -0.1) is 11.3 Å². The molecule has 2 rings (SSSR count). The summed E-state index contributed by atoms with van der Waals surface area (Å²) >= 11 is 1.73. The number of thiophene rings is 1. The molecule has 0 bridgehead atoms. The first-order chi connectivity index (χ1) is 9.56. The van der Waals surface area contributed by atoms with Crippen LogP contribution in [-0.4, -0.2) is 41.6 Å². The smallest absolute Gasteiger partial charge is 0.317 e. The SMILES string of the molecule is CC(CNC(=O)N1CCC(C(=O)O)C1)Cc1cccs1. The predicted octanol–water partition coefficient (Wildman–Crippen LogP) is 2.04. The first-order valence-corrected chi connectivity index (χ1v) is 7.72. The normalized spacial score (nSPS) is 19.9. The molecule has 2 atom stereocenters. The summed E-state index contributed by atoms with van der Waals surface area (Å²) in [6.45, 7) is 3.57. The molecule has 0 aliphatic carbocycles. The Labute approximate surface area is 122 Å². The molecule has 0 radical (unpaired) electrons. The molecule has 20 heavy (non-hydrogen) atoms. The molecule has 1 aromatic rings. The lowest BCUT2D eigenvalue weighted by Gasteiger charge is -2.18. The minimum Gasteiger partial charge on any atom is -0.481 e. The van der Waals surface area contributed by atoms with Gasteiger partial charge in [-0.05, 0) is 30.2 Å². The fourth-order valence-corrected chi connectivity index (χ4v) is 3.23. The van der Waals surface area contributed by atoms with E-state index < -0.39 is 11.9 Å². The number of nitrogens with zero attached hydrogens (tertiary/aromatic N) is 1. The number of nitrogens with one attached hydrogen (secondary N) is 1. The zero-order chi connectivity index (χ0) is 14.5. The molecule has 0 spiro atoms. The van der Waals surface area contributed by atoms with Crippen LogP contribution in [0.1, 0.15) is 18.2 Å². The summed E-state index contributed by atoms with van der Waals surface area (Å²) in [5.74, 6) is -0.855. The van der Waals surface area contributed by atoms with Crippen molar-refractivity contribution in [1.29, 1.82) is 0 Å². The number of carboxylic acid groups (broad SMARTS) is 1. The second-order valence-corrected chi connectivity index (χ2v) is 6.38. The number of carboxylic acids is 1. The number of carbonyl (C=O) groups is 2. The molecule has 5 nitrogen and oxygen atoms in total. The fourth-order valence-electron chi connectivity index (χ4n) is 2.36. The Hall–Kier alpha value is -1.56. The van der Waals surface area contributed by atoms with Gasteiger partial charge in [0, 0.05) is 24.5 Å². The van der Waals surface area contributed by atoms with Gasteiger partial charge in [0.25, 0.3) is 0 Å². The van der Waals surface area contributed by atoms with Crippen molar-refractivity contribution in [3.8, 4) is 0 Å². The number of rotatable bonds is 5. The third-order valence-electron chi connectivity index (χ3n) is 3.56. The molecule has 1 aliphatic rings. The molecule has 6 heteroatoms. The Morgan fingerprint density at radius 3 is 3.00 bits per heavy atom. The minimum absolute atomic E-state index is 0.147. The Bertz CT molecular complexity index is 461. The maximum absolute atomic E-state index is 11.9. The van der Waals surface area contributed by atoms with Crippen molar-refractivity contribution < 1.29 is 14.7 Å². The summed E-state index contributed by atoms with van der Waals surface area (Å²) in [6, 6.07) is 3.98. The highest BCUT2D eigenvalue weighted by atomic mass is 32.1. The van der Waals surface area contributed by atoms with Crippen LogP contribution in [0.2, 0.25) is 0 Å². The van der Waals surface area contributed by atoms with E-state index in [0.29, 0.717) is 32.0 Å². The molecule has 110 valence electrons. The molecule has 1 aromatic heterocycles. The highest BCUT2D eigenvalue weighted by molar-refractivity contribution is 7.09. The molecule has 1 fully saturated rings. The molecule has 1 saturated heterocycles. The van der Waals surface area contributed by atoms with Crippen molar-refractivity contribution in [2.75, 3.05) is 19.6 Å². The monoisotopic (exact) mass is 296 g/mol. The topological polar surface area (TPSA) is 69.6 Å². The van der Waals surface area contributed by atoms with Crippen molar-refractivity contribution in [3.63, 3.8) is 0 Å². The average molecular weight is 296 g/mol. The van der Waals surface area contributed by atoms with E-state index in [4.69, 9.17) is 5.11 Å². The number of likely N-dealkylation sites (tertiary alicyclic amines) is 1. The van der Waals surface area contributed by atoms with E-state index in [-0.39, 0.29) is 6.03 Å². The zero-order valence-electron chi connectivity index (χ0n) is 11.5. The fraction of sp³-hybridized carbons (Fsp3) is 0.571. The van der Waals surface area contributed by atoms with Gasteiger partial charge >= 0.3 is 12.0 Å². The second-order valence-electron chi connectivity index (χ2n) is 5.34. The quantitative estimate of drug-likeness (QED) is 0.873. The van der Waals surface area contributed by atoms with Crippen molar-refractivity contribution >= 4 is 23.3 Å². The summed E-state index contributed by atoms with van der Waals surface area (Å²) in [6.07, 6.45) is 1.50. The van der Waals surface area contributed by atoms with E-state index in [0.717, 1.165) is 6.42 Å². The first kappa shape index (κ1) is 14.8. The van der Waals surface area contributed by atoms with E-state index in [1.54, 1.807) is 16.2 Å². The van der Waals surface area contributed by atoms with Crippen molar-refractivity contribution in [3.05, 3.63) is 22.4 Å². The summed E-state index contributed by atoms with van der Waals surface area (Å²) in [4.78, 5) is 25.7. The molecule has 2 amide bonds. The Kier molecular flexibility index (Phi) is 5.00. The van der Waals surface area contributed by atoms with E-state index in [2.05, 4.69) is 23.7 Å². The van der Waals surface area contributed by atoms with Gasteiger partial charge in [-0.1, -0.05) is 13.0 Å². The summed E-state index contributed by atoms with van der Waals surface area (Å²) in [7, 11) is 0. The number of hydrogen-bond acceptors (Lipinski definition) is 3. The van der Waals surface area contributed by atoms with Crippen molar-refractivity contribution in [2.45, 2.75) is 19.8 Å². The standard InChI is InChI=1S/C14H20N2O3S/c1-10(7-12-3-2-6-20-12)8-15-14(19)16-5-4-11(9-16)13(17)18/h2-3,6,10-11H,4-5,7-9H2,1H3,(H,15,19)(H,17,18). The van der Waals surface area contributed by atoms with E-state index in [1.165, 1.54) is 4.88 Å². The molecule has 0 aromatic carbocycles. The third kappa shape index (κ3) is 3.96. The lowest BCUT2D eigenvalue weighted by atomic mass is 10.1. The second kappa shape index (κ2) is 6.74. The lowest BCUT2D eigenvalue weighted by Crippen LogP contribution is -2.40. The summed E-state index contributed by atoms with van der Waals surface area (Å²) < 4.78 is 0. The minimum atomic E-state index is -0.814. The lowest BCUT2D eigenvalue weighted by molar-refractivity contribution is -0.141. The largest absolute Gasteiger partial charge is 0.481 e. The van der Waals surface area contributed by atoms with Crippen LogP contribution in [0.4, 0.5) is 4.79 Å². The van der Waals surface area contributed by atoms with Crippen LogP contribution in [0.25, 0.3) is 0 Å². The Balaban J connectivity index is 1.71. The number of hydrogen-bond donors (Lipinski definition) is 2. The Morgan fingerprint density at radius 1 is 1.60 bits per heavy atom.